The van der Waals surface area contributed by atoms with Crippen LogP contribution in [0.25, 0.3) is 0 Å². The maximum atomic E-state index is 4.49. The van der Waals surface area contributed by atoms with Gasteiger partial charge in [-0.3, -0.25) is 0 Å². The number of hydrogen-bond acceptors (Lipinski definition) is 1. The fourth-order valence-electron chi connectivity index (χ4n) is 1.14. The predicted octanol–water partition coefficient (Wildman–Crippen LogP) is 4.16. The molecule has 0 aliphatic rings. The Morgan fingerprint density at radius 3 is 1.87 bits per heavy atom. The van der Waals surface area contributed by atoms with Gasteiger partial charge in [0.05, 0.1) is 5.69 Å². The van der Waals surface area contributed by atoms with Gasteiger partial charge < -0.3 is 4.57 Å². The van der Waals surface area contributed by atoms with Crippen LogP contribution in [0, 0.1) is 0 Å². The molecule has 15 heavy (non-hydrogen) atoms. The monoisotopic (exact) mass is 212 g/mol. The minimum atomic E-state index is 0.543. The van der Waals surface area contributed by atoms with Crippen LogP contribution in [0.15, 0.2) is 6.20 Å². The van der Waals surface area contributed by atoms with Crippen LogP contribution in [-0.2, 0) is 13.5 Å². The van der Waals surface area contributed by atoms with E-state index in [4.69, 9.17) is 0 Å². The summed E-state index contributed by atoms with van der Waals surface area (Å²) in [6, 6.07) is 0. The molecule has 0 saturated heterocycles. The SMILES string of the molecule is CC.CC.CCc1nc(C(C)C)cn1C. The molecule has 0 unspecified atom stereocenters. The molecule has 0 amide bonds. The Morgan fingerprint density at radius 1 is 1.20 bits per heavy atom. The first-order chi connectivity index (χ1) is 7.15. The van der Waals surface area contributed by atoms with Crippen LogP contribution in [-0.4, -0.2) is 9.55 Å². The Bertz CT molecular complexity index is 237. The summed E-state index contributed by atoms with van der Waals surface area (Å²) in [5.74, 6) is 1.72. The van der Waals surface area contributed by atoms with Gasteiger partial charge >= 0.3 is 0 Å². The Balaban J connectivity index is 0. The number of imidazole rings is 1. The highest BCUT2D eigenvalue weighted by atomic mass is 15.0. The molecule has 1 aromatic rings. The molecule has 90 valence electrons. The van der Waals surface area contributed by atoms with Crippen molar-refractivity contribution in [3.8, 4) is 0 Å². The molecule has 1 heterocycles. The van der Waals surface area contributed by atoms with Crippen molar-refractivity contribution in [3.63, 3.8) is 0 Å². The summed E-state index contributed by atoms with van der Waals surface area (Å²) < 4.78 is 2.11. The fourth-order valence-corrected chi connectivity index (χ4v) is 1.14. The number of nitrogens with zero attached hydrogens (tertiary/aromatic N) is 2. The molecular weight excluding hydrogens is 184 g/mol. The zero-order chi connectivity index (χ0) is 12.4. The average Bonchev–Trinajstić information content (AvgIpc) is 2.66. The summed E-state index contributed by atoms with van der Waals surface area (Å²) in [5.41, 5.74) is 1.20. The van der Waals surface area contributed by atoms with Gasteiger partial charge in [0, 0.05) is 19.7 Å². The van der Waals surface area contributed by atoms with Crippen LogP contribution in [0.4, 0.5) is 0 Å². The maximum Gasteiger partial charge on any atom is 0.108 e. The summed E-state index contributed by atoms with van der Waals surface area (Å²) in [6.45, 7) is 14.5. The zero-order valence-electron chi connectivity index (χ0n) is 11.8. The van der Waals surface area contributed by atoms with Gasteiger partial charge in [-0.1, -0.05) is 48.5 Å². The van der Waals surface area contributed by atoms with Crippen molar-refractivity contribution in [3.05, 3.63) is 17.7 Å². The van der Waals surface area contributed by atoms with Crippen molar-refractivity contribution in [1.82, 2.24) is 9.55 Å². The maximum absolute atomic E-state index is 4.49. The van der Waals surface area contributed by atoms with E-state index >= 15 is 0 Å². The van der Waals surface area contributed by atoms with Gasteiger partial charge in [-0.2, -0.15) is 0 Å². The number of aryl methyl sites for hydroxylation is 2. The summed E-state index contributed by atoms with van der Waals surface area (Å²) in [6.07, 6.45) is 3.13. The normalized spacial score (nSPS) is 8.87. The second kappa shape index (κ2) is 9.75. The standard InChI is InChI=1S/C9H16N2.2C2H6/c1-5-9-10-8(7(2)3)6-11(9)4;2*1-2/h6-7H,5H2,1-4H3;2*1-2H3. The van der Waals surface area contributed by atoms with E-state index in [1.807, 2.05) is 27.7 Å². The molecule has 0 saturated carbocycles. The molecule has 1 rings (SSSR count). The summed E-state index contributed by atoms with van der Waals surface area (Å²) in [4.78, 5) is 4.49. The first kappa shape index (κ1) is 16.6. The topological polar surface area (TPSA) is 17.8 Å². The molecule has 1 aromatic heterocycles. The van der Waals surface area contributed by atoms with E-state index < -0.39 is 0 Å². The molecule has 2 heteroatoms. The third kappa shape index (κ3) is 5.60. The minimum Gasteiger partial charge on any atom is -0.338 e. The Kier molecular flexibility index (Phi) is 10.8. The van der Waals surface area contributed by atoms with E-state index in [1.165, 1.54) is 11.5 Å². The van der Waals surface area contributed by atoms with E-state index in [-0.39, 0.29) is 0 Å². The quantitative estimate of drug-likeness (QED) is 0.720. The highest BCUT2D eigenvalue weighted by Crippen LogP contribution is 2.12. The van der Waals surface area contributed by atoms with E-state index in [2.05, 4.69) is 43.6 Å². The molecular formula is C13H28N2. The smallest absolute Gasteiger partial charge is 0.108 e. The predicted molar refractivity (Wildman–Crippen MR) is 69.4 cm³/mol. The largest absolute Gasteiger partial charge is 0.338 e. The Hall–Kier alpha value is -0.790. The van der Waals surface area contributed by atoms with Crippen molar-refractivity contribution in [2.24, 2.45) is 7.05 Å². The molecule has 0 radical (unpaired) electrons. The van der Waals surface area contributed by atoms with Gasteiger partial charge in [0.15, 0.2) is 0 Å². The average molecular weight is 212 g/mol. The Morgan fingerprint density at radius 2 is 1.67 bits per heavy atom. The van der Waals surface area contributed by atoms with Gasteiger partial charge in [0.2, 0.25) is 0 Å². The summed E-state index contributed by atoms with van der Waals surface area (Å²) >= 11 is 0. The van der Waals surface area contributed by atoms with E-state index in [0.29, 0.717) is 5.92 Å². The van der Waals surface area contributed by atoms with Crippen LogP contribution < -0.4 is 0 Å². The van der Waals surface area contributed by atoms with Crippen molar-refractivity contribution >= 4 is 0 Å². The molecule has 0 aliphatic heterocycles. The van der Waals surface area contributed by atoms with Crippen LogP contribution in [0.5, 0.6) is 0 Å². The van der Waals surface area contributed by atoms with Crippen molar-refractivity contribution in [2.45, 2.75) is 60.8 Å². The number of aromatic nitrogens is 2. The lowest BCUT2D eigenvalue weighted by atomic mass is 10.2. The third-order valence-corrected chi connectivity index (χ3v) is 1.90. The molecule has 0 atom stereocenters. The molecule has 0 spiro atoms. The van der Waals surface area contributed by atoms with Gasteiger partial charge in [0.25, 0.3) is 0 Å². The van der Waals surface area contributed by atoms with Crippen molar-refractivity contribution in [2.75, 3.05) is 0 Å². The molecule has 0 N–H and O–H groups in total. The van der Waals surface area contributed by atoms with E-state index in [0.717, 1.165) is 6.42 Å². The van der Waals surface area contributed by atoms with Gasteiger partial charge in [-0.05, 0) is 5.92 Å². The highest BCUT2D eigenvalue weighted by Gasteiger charge is 2.05. The Labute approximate surface area is 95.7 Å². The molecule has 0 aromatic carbocycles. The lowest BCUT2D eigenvalue weighted by Gasteiger charge is -1.95. The van der Waals surface area contributed by atoms with Gasteiger partial charge in [-0.15, -0.1) is 0 Å². The van der Waals surface area contributed by atoms with E-state index in [9.17, 15) is 0 Å². The second-order valence-corrected chi connectivity index (χ2v) is 3.20. The molecule has 0 aliphatic carbocycles. The lowest BCUT2D eigenvalue weighted by Crippen LogP contribution is -1.93. The van der Waals surface area contributed by atoms with E-state index in [1.54, 1.807) is 0 Å². The molecule has 0 bridgehead atoms. The molecule has 0 fully saturated rings. The number of hydrogen-bond donors (Lipinski definition) is 0. The lowest BCUT2D eigenvalue weighted by molar-refractivity contribution is 0.804. The minimum absolute atomic E-state index is 0.543. The first-order valence-electron chi connectivity index (χ1n) is 6.17. The van der Waals surface area contributed by atoms with Crippen LogP contribution >= 0.6 is 0 Å². The zero-order valence-corrected chi connectivity index (χ0v) is 11.8. The first-order valence-corrected chi connectivity index (χ1v) is 6.17. The second-order valence-electron chi connectivity index (χ2n) is 3.20. The van der Waals surface area contributed by atoms with Crippen LogP contribution in [0.1, 0.15) is 65.9 Å². The van der Waals surface area contributed by atoms with Gasteiger partial charge in [0.1, 0.15) is 5.82 Å². The molecule has 2 nitrogen and oxygen atoms in total. The van der Waals surface area contributed by atoms with Crippen LogP contribution in [0.2, 0.25) is 0 Å². The fraction of sp³-hybridized carbons (Fsp3) is 0.769. The highest BCUT2D eigenvalue weighted by molar-refractivity contribution is 5.07. The number of rotatable bonds is 2. The van der Waals surface area contributed by atoms with Crippen LogP contribution in [0.3, 0.4) is 0 Å². The summed E-state index contributed by atoms with van der Waals surface area (Å²) in [5, 5.41) is 0. The summed E-state index contributed by atoms with van der Waals surface area (Å²) in [7, 11) is 2.05. The van der Waals surface area contributed by atoms with Crippen molar-refractivity contribution in [1.29, 1.82) is 0 Å². The van der Waals surface area contributed by atoms with Gasteiger partial charge in [-0.25, -0.2) is 4.98 Å². The van der Waals surface area contributed by atoms with Crippen molar-refractivity contribution < 1.29 is 0 Å². The third-order valence-electron chi connectivity index (χ3n) is 1.90.